The van der Waals surface area contributed by atoms with E-state index in [2.05, 4.69) is 5.32 Å². The van der Waals surface area contributed by atoms with Crippen LogP contribution < -0.4 is 15.8 Å². The predicted molar refractivity (Wildman–Crippen MR) is 82.1 cm³/mol. The molecule has 0 heterocycles. The Balaban J connectivity index is 2.97. The van der Waals surface area contributed by atoms with Crippen LogP contribution >= 0.6 is 0 Å². The lowest BCUT2D eigenvalue weighted by Gasteiger charge is -2.23. The van der Waals surface area contributed by atoms with Crippen molar-refractivity contribution in [3.8, 4) is 5.75 Å². The Morgan fingerprint density at radius 1 is 1.41 bits per heavy atom. The molecule has 0 spiro atoms. The highest BCUT2D eigenvalue weighted by Crippen LogP contribution is 2.23. The zero-order chi connectivity index (χ0) is 16.9. The van der Waals surface area contributed by atoms with Crippen molar-refractivity contribution in [2.75, 3.05) is 12.8 Å². The summed E-state index contributed by atoms with van der Waals surface area (Å²) in [5.41, 5.74) is 6.46. The van der Waals surface area contributed by atoms with Crippen LogP contribution in [0.3, 0.4) is 0 Å². The first kappa shape index (κ1) is 17.9. The van der Waals surface area contributed by atoms with Crippen molar-refractivity contribution >= 4 is 17.4 Å². The summed E-state index contributed by atoms with van der Waals surface area (Å²) in [7, 11) is 1.48. The number of hydrogen-bond donors (Lipinski definition) is 4. The number of nitrogens with one attached hydrogen (secondary N) is 1. The average Bonchev–Trinajstić information content (AvgIpc) is 2.46. The third-order valence-corrected chi connectivity index (χ3v) is 3.37. The molecule has 1 rings (SSSR count). The molecule has 0 radical (unpaired) electrons. The highest BCUT2D eigenvalue weighted by atomic mass is 16.5. The molecule has 7 heteroatoms. The number of ether oxygens (including phenoxy) is 1. The summed E-state index contributed by atoms with van der Waals surface area (Å²) >= 11 is 0. The van der Waals surface area contributed by atoms with Gasteiger partial charge in [-0.1, -0.05) is 6.92 Å². The van der Waals surface area contributed by atoms with Gasteiger partial charge < -0.3 is 20.7 Å². The number of hydrogen-bond acceptors (Lipinski definition) is 6. The maximum absolute atomic E-state index is 12.5. The number of anilines is 1. The van der Waals surface area contributed by atoms with Gasteiger partial charge in [-0.15, -0.1) is 0 Å². The molecule has 7 nitrogen and oxygen atoms in total. The van der Waals surface area contributed by atoms with Gasteiger partial charge in [-0.25, -0.2) is 0 Å². The van der Waals surface area contributed by atoms with E-state index in [1.807, 2.05) is 0 Å². The number of benzene rings is 1. The van der Waals surface area contributed by atoms with Crippen LogP contribution in [0.2, 0.25) is 0 Å². The zero-order valence-corrected chi connectivity index (χ0v) is 12.9. The fraction of sp³-hybridized carbons (Fsp3) is 0.467. The average molecular weight is 310 g/mol. The topological polar surface area (TPSA) is 122 Å². The third kappa shape index (κ3) is 4.19. The largest absolute Gasteiger partial charge is 0.495 e. The monoisotopic (exact) mass is 310 g/mol. The van der Waals surface area contributed by atoms with Crippen LogP contribution in [-0.4, -0.2) is 47.3 Å². The molecule has 122 valence electrons. The van der Waals surface area contributed by atoms with Crippen LogP contribution in [0.15, 0.2) is 18.2 Å². The van der Waals surface area contributed by atoms with Crippen LogP contribution in [0.25, 0.3) is 0 Å². The molecule has 0 saturated carbocycles. The van der Waals surface area contributed by atoms with Gasteiger partial charge >= 0.3 is 5.97 Å². The van der Waals surface area contributed by atoms with Crippen LogP contribution in [0.4, 0.5) is 5.69 Å². The summed E-state index contributed by atoms with van der Waals surface area (Å²) in [5.74, 6) is -1.04. The molecule has 3 atom stereocenters. The molecule has 0 aliphatic heterocycles. The van der Waals surface area contributed by atoms with Crippen molar-refractivity contribution in [3.05, 3.63) is 23.8 Å². The number of carbonyl (C=O) groups excluding carboxylic acids is 1. The summed E-state index contributed by atoms with van der Waals surface area (Å²) in [6.45, 7) is 3.11. The lowest BCUT2D eigenvalue weighted by molar-refractivity contribution is -0.142. The Morgan fingerprint density at radius 3 is 2.45 bits per heavy atom. The van der Waals surface area contributed by atoms with Gasteiger partial charge in [-0.05, 0) is 31.5 Å². The van der Waals surface area contributed by atoms with Gasteiger partial charge in [0, 0.05) is 5.56 Å². The summed E-state index contributed by atoms with van der Waals surface area (Å²) in [6.07, 6.45) is -0.748. The van der Waals surface area contributed by atoms with Gasteiger partial charge in [-0.3, -0.25) is 14.9 Å². The van der Waals surface area contributed by atoms with Crippen LogP contribution in [0.5, 0.6) is 5.75 Å². The lowest BCUT2D eigenvalue weighted by atomic mass is 9.99. The molecule has 1 aromatic carbocycles. The zero-order valence-electron chi connectivity index (χ0n) is 12.9. The van der Waals surface area contributed by atoms with E-state index in [1.54, 1.807) is 19.1 Å². The number of carboxylic acid groups (broad SMARTS) is 1. The van der Waals surface area contributed by atoms with Crippen LogP contribution in [0.1, 0.15) is 30.6 Å². The summed E-state index contributed by atoms with van der Waals surface area (Å²) in [4.78, 5) is 23.6. The van der Waals surface area contributed by atoms with Crippen LogP contribution in [0, 0.1) is 0 Å². The quantitative estimate of drug-likeness (QED) is 0.411. The number of rotatable bonds is 8. The number of ketones is 1. The first-order valence-corrected chi connectivity index (χ1v) is 6.96. The highest BCUT2D eigenvalue weighted by molar-refractivity contribution is 6.01. The van der Waals surface area contributed by atoms with E-state index in [0.29, 0.717) is 23.4 Å². The van der Waals surface area contributed by atoms with Gasteiger partial charge in [0.15, 0.2) is 5.78 Å². The smallest absolute Gasteiger partial charge is 0.323 e. The minimum atomic E-state index is -1.22. The normalized spacial score (nSPS) is 14.9. The first-order valence-electron chi connectivity index (χ1n) is 6.96. The Labute approximate surface area is 129 Å². The lowest BCUT2D eigenvalue weighted by Crippen LogP contribution is -2.51. The molecule has 0 bridgehead atoms. The Kier molecular flexibility index (Phi) is 6.33. The Hall–Kier alpha value is -2.12. The molecule has 0 aliphatic carbocycles. The minimum Gasteiger partial charge on any atom is -0.495 e. The van der Waals surface area contributed by atoms with Crippen molar-refractivity contribution in [2.24, 2.45) is 0 Å². The SMILES string of the molecule is CCC(NC(C(=O)O)C(C)O)C(=O)c1ccc(OC)c(N)c1. The van der Waals surface area contributed by atoms with Crippen molar-refractivity contribution in [1.29, 1.82) is 0 Å². The second-order valence-corrected chi connectivity index (χ2v) is 5.00. The number of aliphatic hydroxyl groups excluding tert-OH is 1. The number of carboxylic acids is 1. The van der Waals surface area contributed by atoms with Gasteiger partial charge in [0.25, 0.3) is 0 Å². The summed E-state index contributed by atoms with van der Waals surface area (Å²) in [5, 5.41) is 21.3. The van der Waals surface area contributed by atoms with E-state index in [1.165, 1.54) is 20.1 Å². The maximum Gasteiger partial charge on any atom is 0.323 e. The number of nitrogen functional groups attached to an aromatic ring is 1. The van der Waals surface area contributed by atoms with Crippen molar-refractivity contribution in [2.45, 2.75) is 38.5 Å². The third-order valence-electron chi connectivity index (χ3n) is 3.37. The summed E-state index contributed by atoms with van der Waals surface area (Å²) in [6, 6.07) is 2.69. The number of methoxy groups -OCH3 is 1. The summed E-state index contributed by atoms with van der Waals surface area (Å²) < 4.78 is 5.03. The number of Topliss-reactive ketones (excluding diaryl/α,β-unsaturated/α-hetero) is 1. The molecule has 0 aromatic heterocycles. The fourth-order valence-electron chi connectivity index (χ4n) is 2.10. The molecule has 5 N–H and O–H groups in total. The van der Waals surface area contributed by atoms with Gasteiger partial charge in [0.05, 0.1) is 24.9 Å². The molecule has 0 amide bonds. The van der Waals surface area contributed by atoms with Crippen LogP contribution in [-0.2, 0) is 4.79 Å². The molecular weight excluding hydrogens is 288 g/mol. The van der Waals surface area contributed by atoms with E-state index >= 15 is 0 Å². The van der Waals surface area contributed by atoms with Crippen molar-refractivity contribution < 1.29 is 24.5 Å². The number of carbonyl (C=O) groups is 2. The first-order chi connectivity index (χ1) is 10.3. The van der Waals surface area contributed by atoms with Gasteiger partial charge in [-0.2, -0.15) is 0 Å². The molecule has 0 saturated heterocycles. The molecule has 22 heavy (non-hydrogen) atoms. The van der Waals surface area contributed by atoms with Crippen molar-refractivity contribution in [1.82, 2.24) is 5.32 Å². The second-order valence-electron chi connectivity index (χ2n) is 5.00. The van der Waals surface area contributed by atoms with E-state index < -0.39 is 24.2 Å². The molecule has 0 fully saturated rings. The number of nitrogens with two attached hydrogens (primary N) is 1. The predicted octanol–water partition coefficient (Wildman–Crippen LogP) is 0.662. The fourth-order valence-corrected chi connectivity index (χ4v) is 2.10. The van der Waals surface area contributed by atoms with E-state index in [0.717, 1.165) is 0 Å². The van der Waals surface area contributed by atoms with E-state index in [-0.39, 0.29) is 5.78 Å². The molecule has 3 unspecified atom stereocenters. The van der Waals surface area contributed by atoms with E-state index in [4.69, 9.17) is 15.6 Å². The Morgan fingerprint density at radius 2 is 2.05 bits per heavy atom. The maximum atomic E-state index is 12.5. The number of aliphatic carboxylic acids is 1. The minimum absolute atomic E-state index is 0.288. The van der Waals surface area contributed by atoms with Crippen molar-refractivity contribution in [3.63, 3.8) is 0 Å². The Bertz CT molecular complexity index is 545. The highest BCUT2D eigenvalue weighted by Gasteiger charge is 2.29. The number of aliphatic hydroxyl groups is 1. The van der Waals surface area contributed by atoms with Gasteiger partial charge in [0.2, 0.25) is 0 Å². The molecule has 0 aliphatic rings. The second kappa shape index (κ2) is 7.77. The van der Waals surface area contributed by atoms with Gasteiger partial charge in [0.1, 0.15) is 11.8 Å². The molecular formula is C15H22N2O5. The van der Waals surface area contributed by atoms with E-state index in [9.17, 15) is 14.7 Å². The standard InChI is InChI=1S/C15H22N2O5/c1-4-11(17-13(8(2)18)15(20)21)14(19)9-5-6-12(22-3)10(16)7-9/h5-8,11,13,17-18H,4,16H2,1-3H3,(H,20,21). The molecule has 1 aromatic rings.